The van der Waals surface area contributed by atoms with E-state index in [0.29, 0.717) is 19.2 Å². The third-order valence-electron chi connectivity index (χ3n) is 4.81. The van der Waals surface area contributed by atoms with Crippen molar-refractivity contribution in [3.8, 4) is 5.75 Å². The molecule has 0 atom stereocenters. The predicted molar refractivity (Wildman–Crippen MR) is 131 cm³/mol. The lowest BCUT2D eigenvalue weighted by Gasteiger charge is -2.25. The highest BCUT2D eigenvalue weighted by molar-refractivity contribution is 6.01. The van der Waals surface area contributed by atoms with Crippen molar-refractivity contribution in [2.45, 2.75) is 52.8 Å². The van der Waals surface area contributed by atoms with Crippen LogP contribution < -0.4 is 10.1 Å². The van der Waals surface area contributed by atoms with Gasteiger partial charge < -0.3 is 9.64 Å². The molecule has 198 valence electrons. The minimum Gasteiger partial charge on any atom is -0.491 e. The summed E-state index contributed by atoms with van der Waals surface area (Å²) in [6.07, 6.45) is -2.69. The van der Waals surface area contributed by atoms with Gasteiger partial charge in [-0.3, -0.25) is 19.4 Å². The fraction of sp³-hybridized carbons (Fsp3) is 0.400. The fourth-order valence-corrected chi connectivity index (χ4v) is 2.79. The van der Waals surface area contributed by atoms with Crippen LogP contribution in [0, 0.1) is 5.82 Å². The van der Waals surface area contributed by atoms with Crippen molar-refractivity contribution in [2.75, 3.05) is 14.2 Å². The number of hydrogen-bond donors (Lipinski definition) is 1. The molecule has 0 aliphatic heterocycles. The van der Waals surface area contributed by atoms with Crippen molar-refractivity contribution in [1.82, 2.24) is 15.1 Å². The normalized spacial score (nSPS) is 11.2. The number of carbonyl (C=O) groups excluding carboxylic acids is 2. The summed E-state index contributed by atoms with van der Waals surface area (Å²) in [7, 11) is 2.07. The maximum Gasteiger partial charge on any atom is 0.324 e. The minimum atomic E-state index is -2.82. The molecule has 0 saturated carbocycles. The van der Waals surface area contributed by atoms with Gasteiger partial charge in [-0.25, -0.2) is 23.0 Å². The summed E-state index contributed by atoms with van der Waals surface area (Å²) in [5.74, 6) is -0.590. The number of rotatable bonds is 8. The zero-order valence-corrected chi connectivity index (χ0v) is 21.1. The van der Waals surface area contributed by atoms with Crippen molar-refractivity contribution in [3.63, 3.8) is 0 Å². The van der Waals surface area contributed by atoms with E-state index < -0.39 is 18.3 Å². The first-order valence-corrected chi connectivity index (χ1v) is 11.1. The van der Waals surface area contributed by atoms with Gasteiger partial charge in [-0.2, -0.15) is 0 Å². The van der Waals surface area contributed by atoms with E-state index >= 15 is 0 Å². The first-order valence-electron chi connectivity index (χ1n) is 11.1. The summed E-state index contributed by atoms with van der Waals surface area (Å²) in [5, 5.41) is 2.56. The number of urea groups is 1. The molecule has 0 heterocycles. The number of guanidine groups is 1. The van der Waals surface area contributed by atoms with Crippen LogP contribution in [0.2, 0.25) is 0 Å². The van der Waals surface area contributed by atoms with E-state index in [-0.39, 0.29) is 41.7 Å². The third kappa shape index (κ3) is 9.20. The molecule has 0 saturated heterocycles. The highest BCUT2D eigenvalue weighted by Gasteiger charge is 2.21. The third-order valence-corrected chi connectivity index (χ3v) is 4.81. The number of benzene rings is 2. The van der Waals surface area contributed by atoms with E-state index in [4.69, 9.17) is 4.74 Å². The lowest BCUT2D eigenvalue weighted by molar-refractivity contribution is -0.115. The molecule has 0 aliphatic rings. The summed E-state index contributed by atoms with van der Waals surface area (Å²) in [6, 6.07) is 8.70. The Balaban J connectivity index is 0.00000316. The molecule has 0 unspecified atom stereocenters. The average molecular weight is 513 g/mol. The molecule has 0 fully saturated rings. The molecule has 0 spiro atoms. The van der Waals surface area contributed by atoms with Gasteiger partial charge in [0, 0.05) is 13.1 Å². The zero-order valence-electron chi connectivity index (χ0n) is 21.1. The number of nitrogens with one attached hydrogen (secondary N) is 1. The van der Waals surface area contributed by atoms with E-state index in [9.17, 15) is 27.2 Å². The summed E-state index contributed by atoms with van der Waals surface area (Å²) >= 11 is 0. The van der Waals surface area contributed by atoms with Crippen molar-refractivity contribution in [1.29, 1.82) is 0 Å². The molecule has 2 aromatic rings. The Labute approximate surface area is 208 Å². The van der Waals surface area contributed by atoms with Gasteiger partial charge in [0.2, 0.25) is 12.4 Å². The summed E-state index contributed by atoms with van der Waals surface area (Å²) < 4.78 is 55.5. The maximum absolute atomic E-state index is 13.6. The molecule has 3 amide bonds. The Hall–Kier alpha value is -3.63. The predicted octanol–water partition coefficient (Wildman–Crippen LogP) is 5.83. The number of amides is 3. The van der Waals surface area contributed by atoms with Crippen LogP contribution in [0.3, 0.4) is 0 Å². The van der Waals surface area contributed by atoms with Crippen molar-refractivity contribution in [3.05, 3.63) is 59.4 Å². The minimum absolute atomic E-state index is 0.0210. The molecule has 2 rings (SSSR count). The van der Waals surface area contributed by atoms with Gasteiger partial charge in [0.1, 0.15) is 11.6 Å². The average Bonchev–Trinajstić information content (AvgIpc) is 2.84. The number of hydrogen-bond acceptors (Lipinski definition) is 4. The monoisotopic (exact) mass is 512 g/mol. The second-order valence-corrected chi connectivity index (χ2v) is 8.12. The molecule has 2 aromatic carbocycles. The largest absolute Gasteiger partial charge is 0.491 e. The Morgan fingerprint density at radius 3 is 2.19 bits per heavy atom. The smallest absolute Gasteiger partial charge is 0.324 e. The Bertz CT molecular complexity index is 1010. The molecule has 7 nitrogen and oxygen atoms in total. The molecule has 0 bridgehead atoms. The van der Waals surface area contributed by atoms with Crippen LogP contribution in [-0.4, -0.2) is 54.6 Å². The van der Waals surface area contributed by atoms with E-state index in [0.717, 1.165) is 11.0 Å². The van der Waals surface area contributed by atoms with Gasteiger partial charge in [-0.1, -0.05) is 12.1 Å². The SMILES string of the molecule is CC(C)Oc1ccc(N=C(NC(=O)N(C)C(C)C)N(C=O)Cc2ccc(F)cc2)cc1C(F)F.CF. The van der Waals surface area contributed by atoms with Gasteiger partial charge in [-0.05, 0) is 63.6 Å². The number of aliphatic imine (C=N–C) groups is 1. The summed E-state index contributed by atoms with van der Waals surface area (Å²) in [5.41, 5.74) is 0.289. The van der Waals surface area contributed by atoms with Crippen LogP contribution in [-0.2, 0) is 11.3 Å². The second-order valence-electron chi connectivity index (χ2n) is 8.12. The van der Waals surface area contributed by atoms with Gasteiger partial charge in [0.05, 0.1) is 31.1 Å². The molecular formula is C25H32F4N4O3. The Morgan fingerprint density at radius 2 is 1.69 bits per heavy atom. The van der Waals surface area contributed by atoms with Crippen LogP contribution in [0.5, 0.6) is 5.75 Å². The topological polar surface area (TPSA) is 74.2 Å². The molecule has 0 radical (unpaired) electrons. The summed E-state index contributed by atoms with van der Waals surface area (Å²) in [4.78, 5) is 31.3. The molecule has 0 aromatic heterocycles. The highest BCUT2D eigenvalue weighted by atomic mass is 19.3. The molecule has 0 aliphatic carbocycles. The van der Waals surface area contributed by atoms with Gasteiger partial charge in [0.15, 0.2) is 0 Å². The molecule has 36 heavy (non-hydrogen) atoms. The van der Waals surface area contributed by atoms with Crippen molar-refractivity contribution in [2.24, 2.45) is 4.99 Å². The number of ether oxygens (including phenoxy) is 1. The standard InChI is InChI=1S/C24H29F3N4O3.CH3F/c1-15(2)30(5)24(33)29-23(31(14-32)13-17-6-8-18(25)9-7-17)28-19-10-11-21(34-16(3)4)20(12-19)22(26)27;1-2/h6-12,14-16,22H,13H2,1-5H3,(H,28,29,33);1H3. The van der Waals surface area contributed by atoms with E-state index in [2.05, 4.69) is 10.3 Å². The quantitative estimate of drug-likeness (QED) is 0.209. The molecular weight excluding hydrogens is 480 g/mol. The van der Waals surface area contributed by atoms with Crippen LogP contribution in [0.1, 0.15) is 45.2 Å². The Morgan fingerprint density at radius 1 is 1.08 bits per heavy atom. The number of alkyl halides is 3. The number of halogens is 4. The van der Waals surface area contributed by atoms with Crippen LogP contribution >= 0.6 is 0 Å². The van der Waals surface area contributed by atoms with E-state index in [1.165, 1.54) is 41.3 Å². The van der Waals surface area contributed by atoms with E-state index in [1.807, 2.05) is 0 Å². The van der Waals surface area contributed by atoms with Gasteiger partial charge >= 0.3 is 6.03 Å². The lowest BCUT2D eigenvalue weighted by atomic mass is 10.2. The zero-order chi connectivity index (χ0) is 27.4. The van der Waals surface area contributed by atoms with Crippen molar-refractivity contribution < 1.29 is 31.9 Å². The molecule has 1 N–H and O–H groups in total. The Kier molecular flexibility index (Phi) is 12.4. The molecule has 11 heteroatoms. The first-order chi connectivity index (χ1) is 17.0. The van der Waals surface area contributed by atoms with E-state index in [1.54, 1.807) is 34.7 Å². The number of carbonyl (C=O) groups is 2. The fourth-order valence-electron chi connectivity index (χ4n) is 2.79. The van der Waals surface area contributed by atoms with Crippen LogP contribution in [0.15, 0.2) is 47.5 Å². The first kappa shape index (κ1) is 30.4. The van der Waals surface area contributed by atoms with Crippen LogP contribution in [0.4, 0.5) is 28.0 Å². The van der Waals surface area contributed by atoms with Crippen molar-refractivity contribution >= 4 is 24.1 Å². The summed E-state index contributed by atoms with van der Waals surface area (Å²) in [6.45, 7) is 7.00. The number of nitrogens with zero attached hydrogens (tertiary/aromatic N) is 3. The van der Waals surface area contributed by atoms with Gasteiger partial charge in [-0.15, -0.1) is 0 Å². The second kappa shape index (κ2) is 14.7. The van der Waals surface area contributed by atoms with Gasteiger partial charge in [0.25, 0.3) is 6.43 Å². The van der Waals surface area contributed by atoms with Crippen LogP contribution in [0.25, 0.3) is 0 Å². The lowest BCUT2D eigenvalue weighted by Crippen LogP contribution is -2.49. The maximum atomic E-state index is 13.6. The highest BCUT2D eigenvalue weighted by Crippen LogP contribution is 2.33.